The minimum absolute atomic E-state index is 0.148. The Hall–Kier alpha value is -0.170. The maximum absolute atomic E-state index is 10.5. The summed E-state index contributed by atoms with van der Waals surface area (Å²) >= 11 is 0. The van der Waals surface area contributed by atoms with Gasteiger partial charge in [0.1, 0.15) is 0 Å². The second-order valence-electron chi connectivity index (χ2n) is 2.68. The molecule has 0 saturated carbocycles. The maximum atomic E-state index is 10.5. The van der Waals surface area contributed by atoms with Gasteiger partial charge in [0, 0.05) is 6.61 Å². The smallest absolute Gasteiger partial charge is 0.291 e. The first-order valence-corrected chi connectivity index (χ1v) is 5.57. The molecule has 0 aliphatic heterocycles. The van der Waals surface area contributed by atoms with Crippen molar-refractivity contribution >= 4 is 10.1 Å². The van der Waals surface area contributed by atoms with Crippen LogP contribution in [0.2, 0.25) is 0 Å². The van der Waals surface area contributed by atoms with Crippen LogP contribution >= 0.6 is 0 Å². The van der Waals surface area contributed by atoms with Crippen molar-refractivity contribution in [1.82, 2.24) is 0 Å². The van der Waals surface area contributed by atoms with E-state index in [4.69, 9.17) is 14.0 Å². The molecule has 0 saturated heterocycles. The summed E-state index contributed by atoms with van der Waals surface area (Å²) in [7, 11) is -4.09. The SMILES string of the molecule is CCOC(C)COC(C)S(=O)(=O)O. The first kappa shape index (κ1) is 12.8. The molecule has 0 aromatic rings. The standard InChI is InChI=1S/C7H16O5S/c1-4-11-6(2)5-12-7(3)13(8,9)10/h6-7H,4-5H2,1-3H3,(H,8,9,10). The molecule has 0 heterocycles. The molecule has 0 spiro atoms. The van der Waals surface area contributed by atoms with E-state index in [1.807, 2.05) is 6.92 Å². The van der Waals surface area contributed by atoms with Gasteiger partial charge in [0.15, 0.2) is 5.44 Å². The molecule has 2 atom stereocenters. The normalized spacial score (nSPS) is 16.9. The molecule has 0 amide bonds. The summed E-state index contributed by atoms with van der Waals surface area (Å²) < 4.78 is 39.5. The van der Waals surface area contributed by atoms with Crippen molar-refractivity contribution in [2.24, 2.45) is 0 Å². The first-order valence-electron chi connectivity index (χ1n) is 4.07. The van der Waals surface area contributed by atoms with Crippen LogP contribution in [-0.2, 0) is 19.6 Å². The highest BCUT2D eigenvalue weighted by molar-refractivity contribution is 7.86. The molecule has 1 N–H and O–H groups in total. The molecule has 0 aromatic heterocycles. The van der Waals surface area contributed by atoms with Gasteiger partial charge in [-0.15, -0.1) is 0 Å². The molecule has 80 valence electrons. The summed E-state index contributed by atoms with van der Waals surface area (Å²) in [5, 5.41) is 0. The molecule has 0 rings (SSSR count). The first-order chi connectivity index (χ1) is 5.88. The van der Waals surface area contributed by atoms with Gasteiger partial charge in [-0.3, -0.25) is 4.55 Å². The molecule has 0 aliphatic carbocycles. The molecule has 0 aromatic carbocycles. The lowest BCUT2D eigenvalue weighted by atomic mass is 10.4. The Morgan fingerprint density at radius 3 is 2.23 bits per heavy atom. The van der Waals surface area contributed by atoms with Crippen molar-refractivity contribution in [2.75, 3.05) is 13.2 Å². The van der Waals surface area contributed by atoms with Gasteiger partial charge >= 0.3 is 0 Å². The van der Waals surface area contributed by atoms with Gasteiger partial charge in [-0.25, -0.2) is 0 Å². The van der Waals surface area contributed by atoms with Gasteiger partial charge < -0.3 is 9.47 Å². The summed E-state index contributed by atoms with van der Waals surface area (Å²) in [4.78, 5) is 0. The Bertz CT molecular complexity index is 223. The molecule has 5 nitrogen and oxygen atoms in total. The fraction of sp³-hybridized carbons (Fsp3) is 1.00. The van der Waals surface area contributed by atoms with Gasteiger partial charge in [-0.05, 0) is 20.8 Å². The monoisotopic (exact) mass is 212 g/mol. The maximum Gasteiger partial charge on any atom is 0.291 e. The molecule has 0 aliphatic rings. The number of hydrogen-bond donors (Lipinski definition) is 1. The van der Waals surface area contributed by atoms with Gasteiger partial charge in [0.2, 0.25) is 0 Å². The summed E-state index contributed by atoms with van der Waals surface area (Å²) in [5.74, 6) is 0. The predicted octanol–water partition coefficient (Wildman–Crippen LogP) is 0.662. The second-order valence-corrected chi connectivity index (χ2v) is 4.38. The highest BCUT2D eigenvalue weighted by Gasteiger charge is 2.18. The fourth-order valence-electron chi connectivity index (χ4n) is 0.690. The Morgan fingerprint density at radius 1 is 1.31 bits per heavy atom. The van der Waals surface area contributed by atoms with Crippen LogP contribution in [0.4, 0.5) is 0 Å². The van der Waals surface area contributed by atoms with Crippen molar-refractivity contribution in [3.05, 3.63) is 0 Å². The van der Waals surface area contributed by atoms with Gasteiger partial charge in [-0.1, -0.05) is 0 Å². The van der Waals surface area contributed by atoms with Crippen LogP contribution < -0.4 is 0 Å². The van der Waals surface area contributed by atoms with Crippen LogP contribution in [0.3, 0.4) is 0 Å². The molecular formula is C7H16O5S. The van der Waals surface area contributed by atoms with Crippen LogP contribution in [0.25, 0.3) is 0 Å². The number of rotatable bonds is 6. The lowest BCUT2D eigenvalue weighted by Crippen LogP contribution is -2.25. The highest BCUT2D eigenvalue weighted by Crippen LogP contribution is 2.01. The lowest BCUT2D eigenvalue weighted by molar-refractivity contribution is -0.00913. The second kappa shape index (κ2) is 5.54. The van der Waals surface area contributed by atoms with Crippen molar-refractivity contribution in [3.8, 4) is 0 Å². The zero-order chi connectivity index (χ0) is 10.5. The van der Waals surface area contributed by atoms with E-state index in [1.165, 1.54) is 6.92 Å². The van der Waals surface area contributed by atoms with Gasteiger partial charge in [-0.2, -0.15) is 8.42 Å². The van der Waals surface area contributed by atoms with Crippen molar-refractivity contribution in [2.45, 2.75) is 32.3 Å². The Labute approximate surface area is 78.8 Å². The van der Waals surface area contributed by atoms with Crippen LogP contribution in [-0.4, -0.2) is 37.7 Å². The van der Waals surface area contributed by atoms with Crippen LogP contribution in [0.15, 0.2) is 0 Å². The highest BCUT2D eigenvalue weighted by atomic mass is 32.2. The van der Waals surface area contributed by atoms with Crippen LogP contribution in [0.5, 0.6) is 0 Å². The Balaban J connectivity index is 3.77. The molecule has 6 heteroatoms. The molecule has 13 heavy (non-hydrogen) atoms. The average molecular weight is 212 g/mol. The summed E-state index contributed by atoms with van der Waals surface area (Å²) in [6.45, 7) is 5.57. The Morgan fingerprint density at radius 2 is 1.85 bits per heavy atom. The van der Waals surface area contributed by atoms with E-state index in [0.29, 0.717) is 6.61 Å². The lowest BCUT2D eigenvalue weighted by Gasteiger charge is -2.14. The van der Waals surface area contributed by atoms with E-state index in [1.54, 1.807) is 6.92 Å². The third kappa shape index (κ3) is 5.98. The third-order valence-electron chi connectivity index (χ3n) is 1.44. The molecular weight excluding hydrogens is 196 g/mol. The molecule has 0 fully saturated rings. The Kier molecular flexibility index (Phi) is 5.46. The third-order valence-corrected chi connectivity index (χ3v) is 2.41. The van der Waals surface area contributed by atoms with Crippen LogP contribution in [0, 0.1) is 0 Å². The molecule has 0 radical (unpaired) electrons. The van der Waals surface area contributed by atoms with Gasteiger partial charge in [0.05, 0.1) is 12.7 Å². The van der Waals surface area contributed by atoms with E-state index >= 15 is 0 Å². The van der Waals surface area contributed by atoms with E-state index in [-0.39, 0.29) is 12.7 Å². The van der Waals surface area contributed by atoms with Crippen molar-refractivity contribution < 1.29 is 22.4 Å². The summed E-state index contributed by atoms with van der Waals surface area (Å²) in [5.41, 5.74) is -1.20. The zero-order valence-corrected chi connectivity index (χ0v) is 8.87. The predicted molar refractivity (Wildman–Crippen MR) is 48.1 cm³/mol. The fourth-order valence-corrected chi connectivity index (χ4v) is 0.940. The van der Waals surface area contributed by atoms with Crippen molar-refractivity contribution in [3.63, 3.8) is 0 Å². The van der Waals surface area contributed by atoms with Crippen LogP contribution in [0.1, 0.15) is 20.8 Å². The minimum atomic E-state index is -4.09. The number of hydrogen-bond acceptors (Lipinski definition) is 4. The van der Waals surface area contributed by atoms with Gasteiger partial charge in [0.25, 0.3) is 10.1 Å². The average Bonchev–Trinajstić information content (AvgIpc) is 1.99. The largest absolute Gasteiger partial charge is 0.376 e. The van der Waals surface area contributed by atoms with E-state index in [0.717, 1.165) is 0 Å². The van der Waals surface area contributed by atoms with Crippen molar-refractivity contribution in [1.29, 1.82) is 0 Å². The molecule has 0 bridgehead atoms. The van der Waals surface area contributed by atoms with E-state index in [9.17, 15) is 8.42 Å². The molecule has 2 unspecified atom stereocenters. The summed E-state index contributed by atoms with van der Waals surface area (Å²) in [6, 6.07) is 0. The zero-order valence-electron chi connectivity index (χ0n) is 8.06. The van der Waals surface area contributed by atoms with E-state index in [2.05, 4.69) is 0 Å². The van der Waals surface area contributed by atoms with E-state index < -0.39 is 15.6 Å². The number of ether oxygens (including phenoxy) is 2. The summed E-state index contributed by atoms with van der Waals surface area (Å²) in [6.07, 6.45) is -0.172. The minimum Gasteiger partial charge on any atom is -0.376 e. The topological polar surface area (TPSA) is 72.8 Å². The quantitative estimate of drug-likeness (QED) is 0.655.